The van der Waals surface area contributed by atoms with Gasteiger partial charge in [0.1, 0.15) is 0 Å². The highest BCUT2D eigenvalue weighted by molar-refractivity contribution is 5.87. The number of carbonyl (C=O) groups is 1. The number of rotatable bonds is 5. The number of pyridine rings is 1. The largest absolute Gasteiger partial charge is 0.479 e. The molecule has 2 aromatic carbocycles. The summed E-state index contributed by atoms with van der Waals surface area (Å²) in [5, 5.41) is 11.2. The zero-order valence-corrected chi connectivity index (χ0v) is 18.7. The van der Waals surface area contributed by atoms with Crippen molar-refractivity contribution < 1.29 is 9.90 Å². The van der Waals surface area contributed by atoms with Gasteiger partial charge in [0.25, 0.3) is 5.56 Å². The van der Waals surface area contributed by atoms with Gasteiger partial charge >= 0.3 is 11.7 Å². The smallest absolute Gasteiger partial charge is 0.332 e. The third kappa shape index (κ3) is 3.31. The Morgan fingerprint density at radius 1 is 1.03 bits per heavy atom. The fraction of sp³-hybridized carbons (Fsp3) is 0.154. The Kier molecular flexibility index (Phi) is 5.13. The van der Waals surface area contributed by atoms with E-state index < -0.39 is 23.3 Å². The Morgan fingerprint density at radius 3 is 2.53 bits per heavy atom. The molecule has 0 saturated heterocycles. The van der Waals surface area contributed by atoms with E-state index in [2.05, 4.69) is 4.98 Å². The van der Waals surface area contributed by atoms with Crippen molar-refractivity contribution in [3.05, 3.63) is 111 Å². The molecular formula is C26H22N4O4. The Labute approximate surface area is 194 Å². The van der Waals surface area contributed by atoms with E-state index in [1.165, 1.54) is 17.0 Å². The summed E-state index contributed by atoms with van der Waals surface area (Å²) in [6, 6.07) is 14.4. The summed E-state index contributed by atoms with van der Waals surface area (Å²) in [6.07, 6.45) is 4.85. The van der Waals surface area contributed by atoms with E-state index >= 15 is 0 Å². The number of hydrogen-bond acceptors (Lipinski definition) is 4. The van der Waals surface area contributed by atoms with Gasteiger partial charge in [0.2, 0.25) is 0 Å². The SMILES string of the molecule is Cc1cccc2c1c(Cn1c(=O)n([C@H](C(=O)O)c3ccccc3)c(=O)c3cnccc31)cn2C. The average molecular weight is 454 g/mol. The van der Waals surface area contributed by atoms with Crippen molar-refractivity contribution in [3.8, 4) is 0 Å². The van der Waals surface area contributed by atoms with Crippen LogP contribution in [0.3, 0.4) is 0 Å². The van der Waals surface area contributed by atoms with Crippen molar-refractivity contribution in [1.82, 2.24) is 18.7 Å². The zero-order chi connectivity index (χ0) is 24.0. The molecule has 0 aliphatic rings. The Morgan fingerprint density at radius 2 is 1.79 bits per heavy atom. The number of nitrogens with zero attached hydrogens (tertiary/aromatic N) is 4. The fourth-order valence-electron chi connectivity index (χ4n) is 4.68. The number of hydrogen-bond donors (Lipinski definition) is 1. The second-order valence-corrected chi connectivity index (χ2v) is 8.32. The quantitative estimate of drug-likeness (QED) is 0.440. The van der Waals surface area contributed by atoms with E-state index in [9.17, 15) is 19.5 Å². The van der Waals surface area contributed by atoms with Gasteiger partial charge in [0.05, 0.1) is 17.4 Å². The molecule has 0 unspecified atom stereocenters. The van der Waals surface area contributed by atoms with Gasteiger partial charge in [-0.1, -0.05) is 42.5 Å². The maximum atomic E-state index is 13.8. The summed E-state index contributed by atoms with van der Waals surface area (Å²) in [4.78, 5) is 43.5. The van der Waals surface area contributed by atoms with Crippen LogP contribution in [-0.4, -0.2) is 29.8 Å². The first-order chi connectivity index (χ1) is 16.4. The van der Waals surface area contributed by atoms with Gasteiger partial charge in [-0.25, -0.2) is 14.2 Å². The van der Waals surface area contributed by atoms with Crippen LogP contribution in [0.25, 0.3) is 21.8 Å². The molecule has 1 atom stereocenters. The molecular weight excluding hydrogens is 432 g/mol. The second-order valence-electron chi connectivity index (χ2n) is 8.32. The first kappa shape index (κ1) is 21.4. The number of carboxylic acids is 1. The molecule has 3 heterocycles. The van der Waals surface area contributed by atoms with Gasteiger partial charge in [-0.3, -0.25) is 14.3 Å². The number of aryl methyl sites for hydroxylation is 2. The minimum atomic E-state index is -1.47. The number of aliphatic carboxylic acids is 1. The van der Waals surface area contributed by atoms with E-state index in [1.54, 1.807) is 36.4 Å². The van der Waals surface area contributed by atoms with E-state index in [0.29, 0.717) is 11.1 Å². The molecule has 0 saturated carbocycles. The van der Waals surface area contributed by atoms with Gasteiger partial charge in [0.15, 0.2) is 6.04 Å². The third-order valence-electron chi connectivity index (χ3n) is 6.21. The molecule has 5 aromatic rings. The maximum Gasteiger partial charge on any atom is 0.332 e. The van der Waals surface area contributed by atoms with Crippen molar-refractivity contribution in [2.45, 2.75) is 19.5 Å². The summed E-state index contributed by atoms with van der Waals surface area (Å²) in [5.41, 5.74) is 2.35. The molecule has 5 rings (SSSR count). The van der Waals surface area contributed by atoms with E-state index in [1.807, 2.05) is 42.9 Å². The lowest BCUT2D eigenvalue weighted by Gasteiger charge is -2.19. The fourth-order valence-corrected chi connectivity index (χ4v) is 4.68. The zero-order valence-electron chi connectivity index (χ0n) is 18.7. The molecule has 0 amide bonds. The minimum absolute atomic E-state index is 0.170. The summed E-state index contributed by atoms with van der Waals surface area (Å²) < 4.78 is 4.27. The third-order valence-corrected chi connectivity index (χ3v) is 6.21. The molecule has 0 radical (unpaired) electrons. The lowest BCUT2D eigenvalue weighted by Crippen LogP contribution is -2.45. The Hall–Kier alpha value is -4.46. The van der Waals surface area contributed by atoms with Crippen molar-refractivity contribution in [2.24, 2.45) is 7.05 Å². The molecule has 0 bridgehead atoms. The highest BCUT2D eigenvalue weighted by atomic mass is 16.4. The molecule has 0 aliphatic heterocycles. The molecule has 8 nitrogen and oxygen atoms in total. The Bertz CT molecular complexity index is 1680. The van der Waals surface area contributed by atoms with Gasteiger partial charge in [0, 0.05) is 36.5 Å². The summed E-state index contributed by atoms with van der Waals surface area (Å²) in [5.74, 6) is -1.29. The number of carboxylic acid groups (broad SMARTS) is 1. The molecule has 0 fully saturated rings. The minimum Gasteiger partial charge on any atom is -0.479 e. The van der Waals surface area contributed by atoms with Crippen molar-refractivity contribution in [3.63, 3.8) is 0 Å². The van der Waals surface area contributed by atoms with Crippen LogP contribution in [-0.2, 0) is 18.4 Å². The van der Waals surface area contributed by atoms with Crippen LogP contribution in [0.5, 0.6) is 0 Å². The number of fused-ring (bicyclic) bond motifs is 2. The van der Waals surface area contributed by atoms with Crippen molar-refractivity contribution in [1.29, 1.82) is 0 Å². The standard InChI is InChI=1S/C26H22N4O4/c1-16-7-6-10-21-22(16)18(14-28(21)2)15-29-20-11-12-27-13-19(20)24(31)30(26(29)34)23(25(32)33)17-8-4-3-5-9-17/h3-14,23H,15H2,1-2H3,(H,32,33)/t23-/m0/s1. The summed E-state index contributed by atoms with van der Waals surface area (Å²) >= 11 is 0. The number of aromatic nitrogens is 4. The van der Waals surface area contributed by atoms with Gasteiger partial charge in [-0.05, 0) is 35.7 Å². The van der Waals surface area contributed by atoms with Crippen LogP contribution < -0.4 is 11.2 Å². The lowest BCUT2D eigenvalue weighted by atomic mass is 10.1. The highest BCUT2D eigenvalue weighted by Gasteiger charge is 2.28. The first-order valence-corrected chi connectivity index (χ1v) is 10.8. The first-order valence-electron chi connectivity index (χ1n) is 10.8. The second kappa shape index (κ2) is 8.15. The van der Waals surface area contributed by atoms with Gasteiger partial charge in [-0.15, -0.1) is 0 Å². The van der Waals surface area contributed by atoms with Crippen molar-refractivity contribution >= 4 is 27.8 Å². The molecule has 170 valence electrons. The van der Waals surface area contributed by atoms with Crippen LogP contribution in [0, 0.1) is 6.92 Å². The van der Waals surface area contributed by atoms with Crippen LogP contribution in [0.4, 0.5) is 0 Å². The van der Waals surface area contributed by atoms with E-state index in [-0.39, 0.29) is 11.9 Å². The predicted molar refractivity (Wildman–Crippen MR) is 129 cm³/mol. The van der Waals surface area contributed by atoms with E-state index in [0.717, 1.165) is 26.6 Å². The maximum absolute atomic E-state index is 13.8. The number of benzene rings is 2. The van der Waals surface area contributed by atoms with Crippen LogP contribution in [0.15, 0.2) is 82.8 Å². The molecule has 1 N–H and O–H groups in total. The average Bonchev–Trinajstić information content (AvgIpc) is 3.16. The molecule has 8 heteroatoms. The van der Waals surface area contributed by atoms with E-state index in [4.69, 9.17) is 0 Å². The highest BCUT2D eigenvalue weighted by Crippen LogP contribution is 2.25. The summed E-state index contributed by atoms with van der Waals surface area (Å²) in [7, 11) is 1.94. The lowest BCUT2D eigenvalue weighted by molar-refractivity contribution is -0.139. The molecule has 3 aromatic heterocycles. The molecule has 0 aliphatic carbocycles. The summed E-state index contributed by atoms with van der Waals surface area (Å²) in [6.45, 7) is 2.18. The monoisotopic (exact) mass is 454 g/mol. The Balaban J connectivity index is 1.82. The van der Waals surface area contributed by atoms with Crippen LogP contribution in [0.2, 0.25) is 0 Å². The van der Waals surface area contributed by atoms with Gasteiger partial charge in [-0.2, -0.15) is 0 Å². The van der Waals surface area contributed by atoms with Crippen molar-refractivity contribution in [2.75, 3.05) is 0 Å². The van der Waals surface area contributed by atoms with Gasteiger partial charge < -0.3 is 9.67 Å². The topological polar surface area (TPSA) is 99.1 Å². The molecule has 34 heavy (non-hydrogen) atoms. The van der Waals surface area contributed by atoms with Crippen LogP contribution in [0.1, 0.15) is 22.7 Å². The normalized spacial score (nSPS) is 12.3. The van der Waals surface area contributed by atoms with Crippen LogP contribution >= 0.6 is 0 Å². The predicted octanol–water partition coefficient (Wildman–Crippen LogP) is 3.08. The molecule has 0 spiro atoms.